The Bertz CT molecular complexity index is 548. The Hall–Kier alpha value is -1.33. The van der Waals surface area contributed by atoms with Crippen LogP contribution in [0.2, 0.25) is 0 Å². The van der Waals surface area contributed by atoms with E-state index in [-0.39, 0.29) is 11.9 Å². The molecule has 2 unspecified atom stereocenters. The van der Waals surface area contributed by atoms with E-state index in [0.29, 0.717) is 12.3 Å². The van der Waals surface area contributed by atoms with E-state index in [1.165, 1.54) is 5.56 Å². The zero-order valence-corrected chi connectivity index (χ0v) is 16.9. The Labute approximate surface area is 157 Å². The predicted octanol–water partition coefficient (Wildman–Crippen LogP) is 4.20. The molecule has 140 valence electrons. The first-order chi connectivity index (χ1) is 12.0. The highest BCUT2D eigenvalue weighted by Gasteiger charge is 2.17. The van der Waals surface area contributed by atoms with Gasteiger partial charge in [0.2, 0.25) is 5.91 Å². The van der Waals surface area contributed by atoms with Crippen LogP contribution in [0.4, 0.5) is 5.69 Å². The second kappa shape index (κ2) is 12.1. The SMILES string of the molecule is C=Nc1ccc(CC)cc1SCCCC(=O)NC(CNC)C(C)CC. The maximum atomic E-state index is 12.2. The van der Waals surface area contributed by atoms with E-state index in [4.69, 9.17) is 0 Å². The third kappa shape index (κ3) is 7.61. The first kappa shape index (κ1) is 21.7. The van der Waals surface area contributed by atoms with Crippen LogP contribution in [0.5, 0.6) is 0 Å². The van der Waals surface area contributed by atoms with E-state index < -0.39 is 0 Å². The summed E-state index contributed by atoms with van der Waals surface area (Å²) >= 11 is 1.76. The van der Waals surface area contributed by atoms with Gasteiger partial charge in [0, 0.05) is 23.9 Å². The van der Waals surface area contributed by atoms with Gasteiger partial charge in [-0.3, -0.25) is 9.79 Å². The van der Waals surface area contributed by atoms with Gasteiger partial charge in [0.1, 0.15) is 0 Å². The van der Waals surface area contributed by atoms with Gasteiger partial charge in [0.15, 0.2) is 0 Å². The summed E-state index contributed by atoms with van der Waals surface area (Å²) in [6.07, 6.45) is 3.49. The van der Waals surface area contributed by atoms with Crippen LogP contribution in [0.25, 0.3) is 0 Å². The summed E-state index contributed by atoms with van der Waals surface area (Å²) in [7, 11) is 1.92. The van der Waals surface area contributed by atoms with Crippen molar-refractivity contribution >= 4 is 30.1 Å². The largest absolute Gasteiger partial charge is 0.352 e. The summed E-state index contributed by atoms with van der Waals surface area (Å²) in [5, 5.41) is 6.33. The molecule has 0 heterocycles. The standard InChI is InChI=1S/C20H33N3OS/c1-6-15(3)18(14-21-4)23-20(24)9-8-12-25-19-13-16(7-2)10-11-17(19)22-5/h10-11,13,15,18,21H,5-9,12,14H2,1-4H3,(H,23,24). The molecule has 4 nitrogen and oxygen atoms in total. The van der Waals surface area contributed by atoms with Crippen LogP contribution in [0.3, 0.4) is 0 Å². The number of nitrogens with zero attached hydrogens (tertiary/aromatic N) is 1. The molecule has 0 aliphatic rings. The normalized spacial score (nSPS) is 13.3. The number of carbonyl (C=O) groups excluding carboxylic acids is 1. The van der Waals surface area contributed by atoms with Crippen molar-refractivity contribution < 1.29 is 4.79 Å². The number of rotatable bonds is 12. The molecule has 0 aliphatic heterocycles. The van der Waals surface area contributed by atoms with Gasteiger partial charge in [-0.05, 0) is 56.0 Å². The van der Waals surface area contributed by atoms with Crippen LogP contribution in [-0.2, 0) is 11.2 Å². The van der Waals surface area contributed by atoms with Crippen molar-refractivity contribution in [1.82, 2.24) is 10.6 Å². The van der Waals surface area contributed by atoms with Gasteiger partial charge < -0.3 is 10.6 Å². The lowest BCUT2D eigenvalue weighted by Gasteiger charge is -2.24. The minimum atomic E-state index is 0.144. The number of thioether (sulfide) groups is 1. The molecule has 1 amide bonds. The molecule has 0 saturated carbocycles. The fourth-order valence-electron chi connectivity index (χ4n) is 2.62. The van der Waals surface area contributed by atoms with Gasteiger partial charge in [-0.1, -0.05) is 33.3 Å². The summed E-state index contributed by atoms with van der Waals surface area (Å²) in [4.78, 5) is 17.5. The van der Waals surface area contributed by atoms with E-state index in [9.17, 15) is 4.79 Å². The number of aliphatic imine (C=N–C) groups is 1. The number of carbonyl (C=O) groups is 1. The molecule has 0 spiro atoms. The Kier molecular flexibility index (Phi) is 10.5. The molecule has 0 saturated heterocycles. The minimum absolute atomic E-state index is 0.144. The smallest absolute Gasteiger partial charge is 0.220 e. The summed E-state index contributed by atoms with van der Waals surface area (Å²) in [6.45, 7) is 10.9. The van der Waals surface area contributed by atoms with Crippen molar-refractivity contribution in [3.63, 3.8) is 0 Å². The third-order valence-corrected chi connectivity index (χ3v) is 5.64. The number of hydrogen-bond acceptors (Lipinski definition) is 4. The maximum Gasteiger partial charge on any atom is 0.220 e. The van der Waals surface area contributed by atoms with Crippen molar-refractivity contribution in [2.45, 2.75) is 57.4 Å². The molecule has 0 aliphatic carbocycles. The molecule has 5 heteroatoms. The third-order valence-electron chi connectivity index (χ3n) is 4.51. The quantitative estimate of drug-likeness (QED) is 0.332. The van der Waals surface area contributed by atoms with Crippen LogP contribution >= 0.6 is 11.8 Å². The molecular formula is C20H33N3OS. The van der Waals surface area contributed by atoms with Gasteiger partial charge in [-0.15, -0.1) is 11.8 Å². The molecule has 1 rings (SSSR count). The molecule has 25 heavy (non-hydrogen) atoms. The number of aryl methyl sites for hydroxylation is 1. The van der Waals surface area contributed by atoms with E-state index in [0.717, 1.165) is 42.1 Å². The van der Waals surface area contributed by atoms with Gasteiger partial charge in [0.25, 0.3) is 0 Å². The number of hydrogen-bond donors (Lipinski definition) is 2. The number of nitrogens with one attached hydrogen (secondary N) is 2. The Morgan fingerprint density at radius 2 is 2.12 bits per heavy atom. The molecule has 2 atom stereocenters. The summed E-state index contributed by atoms with van der Waals surface area (Å²) in [6, 6.07) is 6.50. The first-order valence-corrected chi connectivity index (χ1v) is 10.2. The zero-order chi connectivity index (χ0) is 18.7. The van der Waals surface area contributed by atoms with Crippen LogP contribution in [0.15, 0.2) is 28.1 Å². The van der Waals surface area contributed by atoms with E-state index in [2.05, 4.69) is 55.2 Å². The fraction of sp³-hybridized carbons (Fsp3) is 0.600. The first-order valence-electron chi connectivity index (χ1n) is 9.22. The van der Waals surface area contributed by atoms with Crippen molar-refractivity contribution in [2.75, 3.05) is 19.3 Å². The van der Waals surface area contributed by atoms with E-state index >= 15 is 0 Å². The Morgan fingerprint density at radius 1 is 1.36 bits per heavy atom. The summed E-state index contributed by atoms with van der Waals surface area (Å²) in [5.41, 5.74) is 2.23. The second-order valence-electron chi connectivity index (χ2n) is 6.38. The number of likely N-dealkylation sites (N-methyl/N-ethyl adjacent to an activating group) is 1. The number of amides is 1. The van der Waals surface area contributed by atoms with Crippen molar-refractivity contribution in [2.24, 2.45) is 10.9 Å². The summed E-state index contributed by atoms with van der Waals surface area (Å²) in [5.74, 6) is 1.53. The second-order valence-corrected chi connectivity index (χ2v) is 7.52. The molecular weight excluding hydrogens is 330 g/mol. The van der Waals surface area contributed by atoms with Crippen LogP contribution in [-0.4, -0.2) is 38.0 Å². The average Bonchev–Trinajstić information content (AvgIpc) is 2.63. The predicted molar refractivity (Wildman–Crippen MR) is 110 cm³/mol. The number of benzene rings is 1. The molecule has 1 aromatic carbocycles. The highest BCUT2D eigenvalue weighted by atomic mass is 32.2. The van der Waals surface area contributed by atoms with Gasteiger partial charge >= 0.3 is 0 Å². The van der Waals surface area contributed by atoms with Crippen molar-refractivity contribution in [3.05, 3.63) is 23.8 Å². The molecule has 0 fully saturated rings. The van der Waals surface area contributed by atoms with Gasteiger partial charge in [0.05, 0.1) is 5.69 Å². The zero-order valence-electron chi connectivity index (χ0n) is 16.1. The van der Waals surface area contributed by atoms with Crippen LogP contribution in [0, 0.1) is 5.92 Å². The summed E-state index contributed by atoms with van der Waals surface area (Å²) < 4.78 is 0. The molecule has 0 bridgehead atoms. The van der Waals surface area contributed by atoms with E-state index in [1.54, 1.807) is 11.8 Å². The van der Waals surface area contributed by atoms with Crippen LogP contribution in [0.1, 0.15) is 45.6 Å². The molecule has 1 aromatic rings. The topological polar surface area (TPSA) is 53.5 Å². The van der Waals surface area contributed by atoms with E-state index in [1.807, 2.05) is 13.1 Å². The average molecular weight is 364 g/mol. The van der Waals surface area contributed by atoms with Crippen LogP contribution < -0.4 is 10.6 Å². The molecule has 0 aromatic heterocycles. The Balaban J connectivity index is 2.44. The molecule has 0 radical (unpaired) electrons. The van der Waals surface area contributed by atoms with Gasteiger partial charge in [-0.25, -0.2) is 0 Å². The van der Waals surface area contributed by atoms with Crippen molar-refractivity contribution in [1.29, 1.82) is 0 Å². The lowest BCUT2D eigenvalue weighted by atomic mass is 9.99. The molecule has 2 N–H and O–H groups in total. The lowest BCUT2D eigenvalue weighted by molar-refractivity contribution is -0.122. The fourth-order valence-corrected chi connectivity index (χ4v) is 3.64. The highest BCUT2D eigenvalue weighted by Crippen LogP contribution is 2.31. The van der Waals surface area contributed by atoms with Gasteiger partial charge in [-0.2, -0.15) is 0 Å². The maximum absolute atomic E-state index is 12.2. The highest BCUT2D eigenvalue weighted by molar-refractivity contribution is 7.99. The monoisotopic (exact) mass is 363 g/mol. The van der Waals surface area contributed by atoms with Crippen molar-refractivity contribution in [3.8, 4) is 0 Å². The minimum Gasteiger partial charge on any atom is -0.352 e. The Morgan fingerprint density at radius 3 is 2.72 bits per heavy atom. The lowest BCUT2D eigenvalue weighted by Crippen LogP contribution is -2.45.